The highest BCUT2D eigenvalue weighted by atomic mass is 35.5. The average Bonchev–Trinajstić information content (AvgIpc) is 3.49. The van der Waals surface area contributed by atoms with Crippen LogP contribution in [0.2, 0.25) is 10.0 Å². The van der Waals surface area contributed by atoms with E-state index in [4.69, 9.17) is 37.1 Å². The van der Waals surface area contributed by atoms with Crippen LogP contribution in [0.4, 0.5) is 4.79 Å². The SMILES string of the molecule is C=CCc1cc(/C=C2/SC(=O)N(Cc3ccc(C(=O)OC)o3)C2=O)cc(OC)c1OCc1ccc(Cl)c(Cl)c1. The quantitative estimate of drug-likeness (QED) is 0.143. The number of methoxy groups -OCH3 is 2. The van der Waals surface area contributed by atoms with Crippen LogP contribution in [-0.4, -0.2) is 36.2 Å². The van der Waals surface area contributed by atoms with Gasteiger partial charge in [0.25, 0.3) is 11.1 Å². The molecule has 2 heterocycles. The molecule has 11 heteroatoms. The lowest BCUT2D eigenvalue weighted by Crippen LogP contribution is -2.27. The highest BCUT2D eigenvalue weighted by Gasteiger charge is 2.36. The van der Waals surface area contributed by atoms with Gasteiger partial charge in [-0.15, -0.1) is 6.58 Å². The lowest BCUT2D eigenvalue weighted by molar-refractivity contribution is -0.123. The maximum Gasteiger partial charge on any atom is 0.373 e. The first-order valence-corrected chi connectivity index (χ1v) is 13.1. The van der Waals surface area contributed by atoms with Gasteiger partial charge in [-0.3, -0.25) is 14.5 Å². The number of carbonyl (C=O) groups is 3. The number of rotatable bonds is 10. The summed E-state index contributed by atoms with van der Waals surface area (Å²) in [6.45, 7) is 3.93. The molecule has 0 unspecified atom stereocenters. The van der Waals surface area contributed by atoms with E-state index in [0.29, 0.717) is 33.5 Å². The maximum atomic E-state index is 13.1. The molecule has 0 bridgehead atoms. The number of amides is 2. The molecule has 2 amide bonds. The number of esters is 1. The van der Waals surface area contributed by atoms with Crippen LogP contribution >= 0.6 is 35.0 Å². The van der Waals surface area contributed by atoms with Gasteiger partial charge < -0.3 is 18.6 Å². The summed E-state index contributed by atoms with van der Waals surface area (Å²) >= 11 is 12.9. The van der Waals surface area contributed by atoms with Gasteiger partial charge in [0.05, 0.1) is 35.7 Å². The molecule has 1 fully saturated rings. The number of allylic oxidation sites excluding steroid dienone is 1. The van der Waals surface area contributed by atoms with Gasteiger partial charge in [-0.25, -0.2) is 4.79 Å². The molecule has 202 valence electrons. The Morgan fingerprint density at radius 3 is 2.59 bits per heavy atom. The third-order valence-electron chi connectivity index (χ3n) is 5.64. The molecule has 8 nitrogen and oxygen atoms in total. The average molecular weight is 588 g/mol. The second-order valence-corrected chi connectivity index (χ2v) is 10.1. The molecule has 1 saturated heterocycles. The Kier molecular flexibility index (Phi) is 9.06. The molecule has 2 aromatic carbocycles. The smallest absolute Gasteiger partial charge is 0.373 e. The van der Waals surface area contributed by atoms with Gasteiger partial charge >= 0.3 is 5.97 Å². The van der Waals surface area contributed by atoms with Gasteiger partial charge in [0.1, 0.15) is 12.4 Å². The second kappa shape index (κ2) is 12.5. The van der Waals surface area contributed by atoms with Crippen LogP contribution in [-0.2, 0) is 29.1 Å². The summed E-state index contributed by atoms with van der Waals surface area (Å²) in [7, 11) is 2.75. The number of imide groups is 1. The van der Waals surface area contributed by atoms with Crippen molar-refractivity contribution in [2.45, 2.75) is 19.6 Å². The van der Waals surface area contributed by atoms with E-state index in [0.717, 1.165) is 27.8 Å². The lowest BCUT2D eigenvalue weighted by Gasteiger charge is -2.16. The van der Waals surface area contributed by atoms with Crippen molar-refractivity contribution in [3.05, 3.63) is 98.3 Å². The van der Waals surface area contributed by atoms with E-state index in [1.807, 2.05) is 12.1 Å². The molecular formula is C28H23Cl2NO7S. The Balaban J connectivity index is 1.56. The largest absolute Gasteiger partial charge is 0.493 e. The van der Waals surface area contributed by atoms with E-state index in [2.05, 4.69) is 11.3 Å². The summed E-state index contributed by atoms with van der Waals surface area (Å²) in [5.41, 5.74) is 2.24. The van der Waals surface area contributed by atoms with Crippen molar-refractivity contribution < 1.29 is 33.0 Å². The van der Waals surface area contributed by atoms with Crippen LogP contribution < -0.4 is 9.47 Å². The molecule has 0 aliphatic carbocycles. The van der Waals surface area contributed by atoms with E-state index in [9.17, 15) is 14.4 Å². The molecule has 3 aromatic rings. The van der Waals surface area contributed by atoms with Gasteiger partial charge in [0.15, 0.2) is 11.5 Å². The van der Waals surface area contributed by atoms with Crippen molar-refractivity contribution >= 4 is 58.2 Å². The van der Waals surface area contributed by atoms with Crippen LogP contribution in [0.1, 0.15) is 33.0 Å². The summed E-state index contributed by atoms with van der Waals surface area (Å²) in [6, 6.07) is 11.8. The molecule has 39 heavy (non-hydrogen) atoms. The van der Waals surface area contributed by atoms with Crippen molar-refractivity contribution in [2.75, 3.05) is 14.2 Å². The Hall–Kier alpha value is -3.66. The highest BCUT2D eigenvalue weighted by Crippen LogP contribution is 2.38. The molecule has 0 atom stereocenters. The first kappa shape index (κ1) is 28.4. The zero-order valence-electron chi connectivity index (χ0n) is 21.0. The Morgan fingerprint density at radius 1 is 1.10 bits per heavy atom. The summed E-state index contributed by atoms with van der Waals surface area (Å²) in [6.07, 6.45) is 3.81. The van der Waals surface area contributed by atoms with E-state index >= 15 is 0 Å². The summed E-state index contributed by atoms with van der Waals surface area (Å²) in [4.78, 5) is 38.6. The minimum Gasteiger partial charge on any atom is -0.493 e. The van der Waals surface area contributed by atoms with Gasteiger partial charge in [0.2, 0.25) is 5.76 Å². The van der Waals surface area contributed by atoms with Gasteiger partial charge in [-0.05, 0) is 71.8 Å². The van der Waals surface area contributed by atoms with Crippen molar-refractivity contribution in [1.82, 2.24) is 4.90 Å². The van der Waals surface area contributed by atoms with Crippen LogP contribution in [0.3, 0.4) is 0 Å². The predicted octanol–water partition coefficient (Wildman–Crippen LogP) is 6.93. The number of furan rings is 1. The van der Waals surface area contributed by atoms with Crippen molar-refractivity contribution in [1.29, 1.82) is 0 Å². The molecule has 4 rings (SSSR count). The van der Waals surface area contributed by atoms with E-state index in [-0.39, 0.29) is 29.6 Å². The lowest BCUT2D eigenvalue weighted by atomic mass is 10.0. The maximum absolute atomic E-state index is 13.1. The fourth-order valence-corrected chi connectivity index (χ4v) is 4.95. The van der Waals surface area contributed by atoms with E-state index in [1.54, 1.807) is 30.4 Å². The minimum absolute atomic E-state index is 0.0154. The third-order valence-corrected chi connectivity index (χ3v) is 7.29. The highest BCUT2D eigenvalue weighted by molar-refractivity contribution is 8.18. The standard InChI is InChI=1S/C28H23Cl2NO7S/c1-4-5-18-10-17(12-23(35-2)25(18)37-15-16-6-8-20(29)21(30)11-16)13-24-26(32)31(28(34)39-24)14-19-7-9-22(38-19)27(33)36-3/h4,6-13H,1,5,14-15H2,2-3H3/b24-13+. The molecule has 0 spiro atoms. The summed E-state index contributed by atoms with van der Waals surface area (Å²) < 4.78 is 21.7. The van der Waals surface area contributed by atoms with Crippen LogP contribution in [0.25, 0.3) is 6.08 Å². The van der Waals surface area contributed by atoms with Gasteiger partial charge in [0, 0.05) is 5.56 Å². The van der Waals surface area contributed by atoms with Crippen LogP contribution in [0.5, 0.6) is 11.5 Å². The second-order valence-electron chi connectivity index (χ2n) is 8.27. The summed E-state index contributed by atoms with van der Waals surface area (Å²) in [5, 5.41) is 0.424. The van der Waals surface area contributed by atoms with Gasteiger partial charge in [-0.2, -0.15) is 0 Å². The first-order valence-electron chi connectivity index (χ1n) is 11.5. The van der Waals surface area contributed by atoms with Crippen molar-refractivity contribution in [3.63, 3.8) is 0 Å². The molecule has 0 N–H and O–H groups in total. The topological polar surface area (TPSA) is 95.3 Å². The zero-order valence-corrected chi connectivity index (χ0v) is 23.3. The molecule has 1 aromatic heterocycles. The predicted molar refractivity (Wildman–Crippen MR) is 149 cm³/mol. The number of hydrogen-bond acceptors (Lipinski definition) is 8. The van der Waals surface area contributed by atoms with Crippen molar-refractivity contribution in [3.8, 4) is 11.5 Å². The molecule has 1 aliphatic rings. The molecule has 0 saturated carbocycles. The fraction of sp³-hybridized carbons (Fsp3) is 0.179. The number of thioether (sulfide) groups is 1. The van der Waals surface area contributed by atoms with E-state index < -0.39 is 17.1 Å². The molecule has 0 radical (unpaired) electrons. The molecule has 1 aliphatic heterocycles. The third kappa shape index (κ3) is 6.50. The van der Waals surface area contributed by atoms with Gasteiger partial charge in [-0.1, -0.05) is 35.3 Å². The zero-order chi connectivity index (χ0) is 28.1. The Morgan fingerprint density at radius 2 is 1.90 bits per heavy atom. The monoisotopic (exact) mass is 587 g/mol. The number of ether oxygens (including phenoxy) is 3. The Bertz CT molecular complexity index is 1480. The minimum atomic E-state index is -0.649. The normalized spacial score (nSPS) is 14.2. The number of nitrogens with zero attached hydrogens (tertiary/aromatic N) is 1. The number of hydrogen-bond donors (Lipinski definition) is 0. The van der Waals surface area contributed by atoms with Crippen molar-refractivity contribution in [2.24, 2.45) is 0 Å². The number of carbonyl (C=O) groups excluding carboxylic acids is 3. The summed E-state index contributed by atoms with van der Waals surface area (Å²) in [5.74, 6) is 0.101. The molecular weight excluding hydrogens is 565 g/mol. The number of halogens is 2. The first-order chi connectivity index (χ1) is 18.7. The Labute approximate surface area is 239 Å². The fourth-order valence-electron chi connectivity index (χ4n) is 3.79. The number of benzene rings is 2. The van der Waals surface area contributed by atoms with E-state index in [1.165, 1.54) is 26.4 Å². The van der Waals surface area contributed by atoms with Crippen LogP contribution in [0, 0.1) is 0 Å². The van der Waals surface area contributed by atoms with Crippen LogP contribution in [0.15, 0.2) is 64.4 Å².